The quantitative estimate of drug-likeness (QED) is 0.764. The van der Waals surface area contributed by atoms with E-state index in [1.165, 1.54) is 4.90 Å². The number of nitrogens with zero attached hydrogens (tertiary/aromatic N) is 1. The predicted octanol–water partition coefficient (Wildman–Crippen LogP) is 1.37. The molecule has 2 atom stereocenters. The van der Waals surface area contributed by atoms with E-state index in [0.29, 0.717) is 5.56 Å². The molecule has 2 rings (SSSR count). The van der Waals surface area contributed by atoms with Crippen molar-refractivity contribution in [3.8, 4) is 0 Å². The summed E-state index contributed by atoms with van der Waals surface area (Å²) in [5, 5.41) is 9.06. The molecular weight excluding hydrogens is 206 g/mol. The molecule has 1 aliphatic heterocycles. The van der Waals surface area contributed by atoms with Crippen LogP contribution in [-0.2, 0) is 4.79 Å². The highest BCUT2D eigenvalue weighted by atomic mass is 16.4. The smallest absolute Gasteiger partial charge is 0.331 e. The van der Waals surface area contributed by atoms with Crippen molar-refractivity contribution in [3.63, 3.8) is 0 Å². The van der Waals surface area contributed by atoms with Gasteiger partial charge in [-0.25, -0.2) is 4.79 Å². The van der Waals surface area contributed by atoms with Gasteiger partial charge in [-0.2, -0.15) is 0 Å². The van der Waals surface area contributed by atoms with Crippen molar-refractivity contribution < 1.29 is 14.7 Å². The monoisotopic (exact) mass is 219 g/mol. The molecule has 4 heteroatoms. The van der Waals surface area contributed by atoms with Crippen LogP contribution in [-0.4, -0.2) is 33.5 Å². The van der Waals surface area contributed by atoms with Crippen LogP contribution in [0.15, 0.2) is 30.3 Å². The highest BCUT2D eigenvalue weighted by molar-refractivity contribution is 6.02. The molecule has 0 unspecified atom stereocenters. The third kappa shape index (κ3) is 1.30. The Balaban J connectivity index is 2.24. The fourth-order valence-corrected chi connectivity index (χ4v) is 1.94. The van der Waals surface area contributed by atoms with E-state index in [2.05, 4.69) is 0 Å². The number of rotatable bonds is 2. The average molecular weight is 219 g/mol. The second-order valence-corrected chi connectivity index (χ2v) is 4.17. The number of carbonyl (C=O) groups excluding carboxylic acids is 1. The summed E-state index contributed by atoms with van der Waals surface area (Å²) in [6, 6.07) is 8.47. The number of aliphatic carboxylic acids is 1. The van der Waals surface area contributed by atoms with Crippen molar-refractivity contribution in [2.75, 3.05) is 0 Å². The van der Waals surface area contributed by atoms with E-state index in [1.807, 2.05) is 6.07 Å². The molecule has 1 heterocycles. The van der Waals surface area contributed by atoms with E-state index in [-0.39, 0.29) is 11.9 Å². The first-order valence-electron chi connectivity index (χ1n) is 5.11. The third-order valence-corrected chi connectivity index (χ3v) is 3.31. The molecule has 1 amide bonds. The Morgan fingerprint density at radius 1 is 1.31 bits per heavy atom. The first-order chi connectivity index (χ1) is 7.49. The van der Waals surface area contributed by atoms with Gasteiger partial charge in [-0.3, -0.25) is 4.79 Å². The highest BCUT2D eigenvalue weighted by Crippen LogP contribution is 2.41. The zero-order valence-corrected chi connectivity index (χ0v) is 9.18. The lowest BCUT2D eigenvalue weighted by Crippen LogP contribution is -2.29. The van der Waals surface area contributed by atoms with Gasteiger partial charge in [0, 0.05) is 5.56 Å². The molecule has 0 aliphatic carbocycles. The molecule has 1 fully saturated rings. The lowest BCUT2D eigenvalue weighted by atomic mass is 10.1. The van der Waals surface area contributed by atoms with Gasteiger partial charge in [-0.15, -0.1) is 0 Å². The van der Waals surface area contributed by atoms with E-state index in [1.54, 1.807) is 38.1 Å². The lowest BCUT2D eigenvalue weighted by Gasteiger charge is -2.07. The summed E-state index contributed by atoms with van der Waals surface area (Å²) < 4.78 is 0. The van der Waals surface area contributed by atoms with Crippen molar-refractivity contribution in [1.82, 2.24) is 4.90 Å². The van der Waals surface area contributed by atoms with Crippen molar-refractivity contribution in [2.24, 2.45) is 0 Å². The molecule has 16 heavy (non-hydrogen) atoms. The van der Waals surface area contributed by atoms with E-state index >= 15 is 0 Å². The number of hydrogen-bond donors (Lipinski definition) is 1. The molecular formula is C12H13NO3. The highest BCUT2D eigenvalue weighted by Gasteiger charge is 2.64. The molecule has 0 spiro atoms. The van der Waals surface area contributed by atoms with Crippen molar-refractivity contribution in [3.05, 3.63) is 35.9 Å². The Morgan fingerprint density at radius 3 is 2.31 bits per heavy atom. The molecule has 4 nitrogen and oxygen atoms in total. The molecule has 84 valence electrons. The van der Waals surface area contributed by atoms with Gasteiger partial charge in [-0.1, -0.05) is 18.2 Å². The van der Waals surface area contributed by atoms with Crippen LogP contribution in [0, 0.1) is 0 Å². The Kier molecular flexibility index (Phi) is 2.22. The van der Waals surface area contributed by atoms with E-state index in [0.717, 1.165) is 0 Å². The van der Waals surface area contributed by atoms with Crippen LogP contribution in [0.3, 0.4) is 0 Å². The van der Waals surface area contributed by atoms with Crippen LogP contribution in [0.25, 0.3) is 0 Å². The number of benzene rings is 1. The molecule has 0 saturated carbocycles. The SMILES string of the molecule is C[C@@H]1N(C(=O)c2ccccc2)[C@]1(C)C(=O)O. The van der Waals surface area contributed by atoms with Crippen LogP contribution in [0.2, 0.25) is 0 Å². The molecule has 1 aliphatic rings. The molecule has 0 aromatic heterocycles. The zero-order chi connectivity index (χ0) is 11.9. The molecule has 0 bridgehead atoms. The molecule has 0 radical (unpaired) electrons. The second kappa shape index (κ2) is 3.33. The van der Waals surface area contributed by atoms with Crippen LogP contribution >= 0.6 is 0 Å². The summed E-state index contributed by atoms with van der Waals surface area (Å²) in [7, 11) is 0. The number of hydrogen-bond acceptors (Lipinski definition) is 2. The summed E-state index contributed by atoms with van der Waals surface area (Å²) in [4.78, 5) is 24.4. The van der Waals surface area contributed by atoms with Gasteiger partial charge in [0.15, 0.2) is 5.54 Å². The standard InChI is InChI=1S/C12H13NO3/c1-8-12(2,11(15)16)13(8)10(14)9-6-4-3-5-7-9/h3-8H,1-2H3,(H,15,16)/t8-,12-,13?/m0/s1. The Labute approximate surface area is 93.5 Å². The maximum atomic E-state index is 12.0. The normalized spacial score (nSPS) is 27.6. The maximum absolute atomic E-state index is 12.0. The minimum atomic E-state index is -1.05. The summed E-state index contributed by atoms with van der Waals surface area (Å²) in [5.74, 6) is -1.18. The third-order valence-electron chi connectivity index (χ3n) is 3.31. The lowest BCUT2D eigenvalue weighted by molar-refractivity contribution is -0.140. The van der Waals surface area contributed by atoms with E-state index in [4.69, 9.17) is 5.11 Å². The molecule has 1 N–H and O–H groups in total. The zero-order valence-electron chi connectivity index (χ0n) is 9.18. The fourth-order valence-electron chi connectivity index (χ4n) is 1.94. The number of carboxylic acids is 1. The summed E-state index contributed by atoms with van der Waals surface area (Å²) in [6.45, 7) is 3.32. The Bertz CT molecular complexity index is 443. The average Bonchev–Trinajstić information content (AvgIpc) is 2.84. The maximum Gasteiger partial charge on any atom is 0.331 e. The van der Waals surface area contributed by atoms with E-state index < -0.39 is 11.5 Å². The summed E-state index contributed by atoms with van der Waals surface area (Å²) in [6.07, 6.45) is 0. The number of carboxylic acid groups (broad SMARTS) is 1. The van der Waals surface area contributed by atoms with E-state index in [9.17, 15) is 9.59 Å². The first-order valence-corrected chi connectivity index (χ1v) is 5.11. The molecule has 1 saturated heterocycles. The van der Waals surface area contributed by atoms with Gasteiger partial charge in [0.05, 0.1) is 6.04 Å². The minimum absolute atomic E-state index is 0.224. The van der Waals surface area contributed by atoms with Gasteiger partial charge >= 0.3 is 5.97 Å². The van der Waals surface area contributed by atoms with Crippen molar-refractivity contribution in [1.29, 1.82) is 0 Å². The van der Waals surface area contributed by atoms with Gasteiger partial charge in [0.25, 0.3) is 5.91 Å². The molecule has 1 aromatic carbocycles. The summed E-state index contributed by atoms with van der Waals surface area (Å²) >= 11 is 0. The first kappa shape index (κ1) is 10.7. The second-order valence-electron chi connectivity index (χ2n) is 4.17. The fraction of sp³-hybridized carbons (Fsp3) is 0.333. The van der Waals surface area contributed by atoms with Gasteiger partial charge in [0.1, 0.15) is 0 Å². The van der Waals surface area contributed by atoms with Gasteiger partial charge in [-0.05, 0) is 26.0 Å². The minimum Gasteiger partial charge on any atom is -0.479 e. The summed E-state index contributed by atoms with van der Waals surface area (Å²) in [5.41, 5.74) is -0.522. The number of amides is 1. The van der Waals surface area contributed by atoms with Crippen LogP contribution in [0.4, 0.5) is 0 Å². The Morgan fingerprint density at radius 2 is 1.88 bits per heavy atom. The van der Waals surface area contributed by atoms with Gasteiger partial charge in [0.2, 0.25) is 0 Å². The topological polar surface area (TPSA) is 57.4 Å². The van der Waals surface area contributed by atoms with Crippen LogP contribution in [0.5, 0.6) is 0 Å². The van der Waals surface area contributed by atoms with Gasteiger partial charge < -0.3 is 10.0 Å². The largest absolute Gasteiger partial charge is 0.479 e. The predicted molar refractivity (Wildman–Crippen MR) is 58.1 cm³/mol. The van der Waals surface area contributed by atoms with Crippen LogP contribution in [0.1, 0.15) is 24.2 Å². The van der Waals surface area contributed by atoms with Crippen molar-refractivity contribution in [2.45, 2.75) is 25.4 Å². The van der Waals surface area contributed by atoms with Crippen molar-refractivity contribution >= 4 is 11.9 Å². The number of carbonyl (C=O) groups is 2. The molecule has 1 aromatic rings. The Hall–Kier alpha value is -1.84. The van der Waals surface area contributed by atoms with Crippen LogP contribution < -0.4 is 0 Å².